The van der Waals surface area contributed by atoms with Crippen molar-refractivity contribution in [1.82, 2.24) is 15.6 Å². The average Bonchev–Trinajstić information content (AvgIpc) is 3.01. The van der Waals surface area contributed by atoms with Crippen LogP contribution >= 0.6 is 0 Å². The van der Waals surface area contributed by atoms with E-state index in [-0.39, 0.29) is 17.6 Å². The number of nitrogens with one attached hydrogen (secondary N) is 2. The van der Waals surface area contributed by atoms with E-state index in [1.807, 2.05) is 0 Å². The van der Waals surface area contributed by atoms with Crippen LogP contribution < -0.4 is 10.6 Å². The van der Waals surface area contributed by atoms with Gasteiger partial charge in [-0.2, -0.15) is 0 Å². The van der Waals surface area contributed by atoms with Gasteiger partial charge in [0.1, 0.15) is 12.4 Å². The van der Waals surface area contributed by atoms with Gasteiger partial charge in [-0.05, 0) is 24.3 Å². The number of amides is 2. The molecule has 0 unspecified atom stereocenters. The molecule has 116 valence electrons. The zero-order valence-electron chi connectivity index (χ0n) is 12.2. The van der Waals surface area contributed by atoms with Crippen molar-refractivity contribution in [2.75, 3.05) is 20.2 Å². The van der Waals surface area contributed by atoms with E-state index in [0.717, 1.165) is 0 Å². The third kappa shape index (κ3) is 4.42. The van der Waals surface area contributed by atoms with Gasteiger partial charge in [0.15, 0.2) is 5.76 Å². The smallest absolute Gasteiger partial charge is 0.287 e. The molecular formula is C15H17N3O4. The Hall–Kier alpha value is -2.67. The molecule has 0 aliphatic carbocycles. The van der Waals surface area contributed by atoms with Crippen molar-refractivity contribution in [2.45, 2.75) is 6.61 Å². The number of ether oxygens (including phenoxy) is 1. The highest BCUT2D eigenvalue weighted by molar-refractivity contribution is 5.94. The maximum atomic E-state index is 11.8. The Morgan fingerprint density at radius 1 is 1.18 bits per heavy atom. The molecule has 0 bridgehead atoms. The fraction of sp³-hybridized carbons (Fsp3) is 0.267. The molecule has 2 amide bonds. The van der Waals surface area contributed by atoms with Crippen LogP contribution in [0.4, 0.5) is 0 Å². The van der Waals surface area contributed by atoms with Gasteiger partial charge in [-0.25, -0.2) is 0 Å². The Kier molecular flexibility index (Phi) is 5.67. The van der Waals surface area contributed by atoms with E-state index in [9.17, 15) is 9.59 Å². The normalized spacial score (nSPS) is 10.2. The Balaban J connectivity index is 1.71. The van der Waals surface area contributed by atoms with E-state index in [4.69, 9.17) is 9.15 Å². The summed E-state index contributed by atoms with van der Waals surface area (Å²) in [5.41, 5.74) is 0.476. The van der Waals surface area contributed by atoms with Crippen LogP contribution in [0.25, 0.3) is 0 Å². The number of pyridine rings is 1. The summed E-state index contributed by atoms with van der Waals surface area (Å²) >= 11 is 0. The summed E-state index contributed by atoms with van der Waals surface area (Å²) in [6.45, 7) is 0.921. The number of hydrogen-bond donors (Lipinski definition) is 2. The molecule has 0 radical (unpaired) electrons. The molecule has 0 aliphatic heterocycles. The third-order valence-electron chi connectivity index (χ3n) is 2.79. The number of carbonyl (C=O) groups is 2. The second kappa shape index (κ2) is 7.94. The number of aromatic nitrogens is 1. The number of carbonyl (C=O) groups excluding carboxylic acids is 2. The Labute approximate surface area is 127 Å². The molecule has 0 spiro atoms. The van der Waals surface area contributed by atoms with Crippen LogP contribution in [0.2, 0.25) is 0 Å². The topological polar surface area (TPSA) is 93.5 Å². The fourth-order valence-electron chi connectivity index (χ4n) is 1.76. The lowest BCUT2D eigenvalue weighted by atomic mass is 10.3. The summed E-state index contributed by atoms with van der Waals surface area (Å²) < 4.78 is 10.2. The van der Waals surface area contributed by atoms with Gasteiger partial charge in [0.25, 0.3) is 11.8 Å². The minimum Gasteiger partial charge on any atom is -0.453 e. The molecule has 0 atom stereocenters. The minimum absolute atomic E-state index is 0.214. The van der Waals surface area contributed by atoms with E-state index >= 15 is 0 Å². The Bertz CT molecular complexity index is 625. The highest BCUT2D eigenvalue weighted by Gasteiger charge is 2.10. The second-order valence-electron chi connectivity index (χ2n) is 4.45. The number of methoxy groups -OCH3 is 1. The van der Waals surface area contributed by atoms with Gasteiger partial charge < -0.3 is 19.8 Å². The second-order valence-corrected chi connectivity index (χ2v) is 4.45. The van der Waals surface area contributed by atoms with Crippen molar-refractivity contribution < 1.29 is 18.7 Å². The maximum Gasteiger partial charge on any atom is 0.287 e. The molecular weight excluding hydrogens is 286 g/mol. The molecule has 7 nitrogen and oxygen atoms in total. The van der Waals surface area contributed by atoms with Gasteiger partial charge in [0.2, 0.25) is 0 Å². The summed E-state index contributed by atoms with van der Waals surface area (Å²) in [5, 5.41) is 5.34. The van der Waals surface area contributed by atoms with Crippen molar-refractivity contribution >= 4 is 11.8 Å². The summed E-state index contributed by atoms with van der Waals surface area (Å²) in [4.78, 5) is 27.4. The summed E-state index contributed by atoms with van der Waals surface area (Å²) in [7, 11) is 1.55. The number of nitrogens with zero attached hydrogens (tertiary/aromatic N) is 1. The third-order valence-corrected chi connectivity index (χ3v) is 2.79. The molecule has 2 aromatic rings. The van der Waals surface area contributed by atoms with Gasteiger partial charge in [-0.15, -0.1) is 0 Å². The van der Waals surface area contributed by atoms with Gasteiger partial charge in [0.05, 0.1) is 5.56 Å². The van der Waals surface area contributed by atoms with Crippen molar-refractivity contribution in [3.63, 3.8) is 0 Å². The first-order valence-corrected chi connectivity index (χ1v) is 6.75. The van der Waals surface area contributed by atoms with Crippen LogP contribution in [0.1, 0.15) is 26.7 Å². The van der Waals surface area contributed by atoms with Gasteiger partial charge in [-0.1, -0.05) is 0 Å². The highest BCUT2D eigenvalue weighted by Crippen LogP contribution is 2.08. The molecule has 0 fully saturated rings. The highest BCUT2D eigenvalue weighted by atomic mass is 16.5. The quantitative estimate of drug-likeness (QED) is 0.744. The molecule has 0 aromatic carbocycles. The van der Waals surface area contributed by atoms with Crippen LogP contribution in [0, 0.1) is 0 Å². The molecule has 0 saturated carbocycles. The first-order chi connectivity index (χ1) is 10.7. The zero-order valence-corrected chi connectivity index (χ0v) is 12.2. The van der Waals surface area contributed by atoms with Crippen molar-refractivity contribution in [1.29, 1.82) is 0 Å². The van der Waals surface area contributed by atoms with Crippen LogP contribution in [0.15, 0.2) is 41.1 Å². The summed E-state index contributed by atoms with van der Waals surface area (Å²) in [5.74, 6) is 0.226. The van der Waals surface area contributed by atoms with Crippen LogP contribution in [-0.2, 0) is 11.3 Å². The van der Waals surface area contributed by atoms with E-state index in [2.05, 4.69) is 15.6 Å². The standard InChI is InChI=1S/C15H17N3O4/c1-21-10-12-4-5-13(22-12)15(20)18-8-7-17-14(19)11-3-2-6-16-9-11/h2-6,9H,7-8,10H2,1H3,(H,17,19)(H,18,20). The lowest BCUT2D eigenvalue weighted by Gasteiger charge is -2.06. The van der Waals surface area contributed by atoms with Crippen molar-refractivity contribution in [3.8, 4) is 0 Å². The molecule has 0 aliphatic rings. The van der Waals surface area contributed by atoms with Crippen LogP contribution in [-0.4, -0.2) is 37.0 Å². The number of hydrogen-bond acceptors (Lipinski definition) is 5. The lowest BCUT2D eigenvalue weighted by Crippen LogP contribution is -2.34. The predicted octanol–water partition coefficient (Wildman–Crippen LogP) is 0.981. The van der Waals surface area contributed by atoms with E-state index < -0.39 is 0 Å². The monoisotopic (exact) mass is 303 g/mol. The molecule has 7 heteroatoms. The van der Waals surface area contributed by atoms with E-state index in [1.165, 1.54) is 6.20 Å². The first kappa shape index (κ1) is 15.7. The molecule has 2 rings (SSSR count). The summed E-state index contributed by atoms with van der Waals surface area (Å²) in [6.07, 6.45) is 3.08. The molecule has 2 aromatic heterocycles. The predicted molar refractivity (Wildman–Crippen MR) is 78.3 cm³/mol. The number of furan rings is 1. The van der Waals surface area contributed by atoms with Crippen LogP contribution in [0.5, 0.6) is 0 Å². The van der Waals surface area contributed by atoms with Gasteiger partial charge in [-0.3, -0.25) is 14.6 Å². The largest absolute Gasteiger partial charge is 0.453 e. The first-order valence-electron chi connectivity index (χ1n) is 6.75. The fourth-order valence-corrected chi connectivity index (χ4v) is 1.76. The van der Waals surface area contributed by atoms with E-state index in [0.29, 0.717) is 31.0 Å². The molecule has 0 saturated heterocycles. The SMILES string of the molecule is COCc1ccc(C(=O)NCCNC(=O)c2cccnc2)o1. The summed E-state index contributed by atoms with van der Waals surface area (Å²) in [6, 6.07) is 6.62. The Morgan fingerprint density at radius 3 is 2.64 bits per heavy atom. The van der Waals surface area contributed by atoms with Crippen LogP contribution in [0.3, 0.4) is 0 Å². The van der Waals surface area contributed by atoms with E-state index in [1.54, 1.807) is 37.6 Å². The zero-order chi connectivity index (χ0) is 15.8. The number of rotatable bonds is 7. The van der Waals surface area contributed by atoms with Crippen molar-refractivity contribution in [2.24, 2.45) is 0 Å². The molecule has 2 heterocycles. The maximum absolute atomic E-state index is 11.8. The van der Waals surface area contributed by atoms with Gasteiger partial charge >= 0.3 is 0 Å². The lowest BCUT2D eigenvalue weighted by molar-refractivity contribution is 0.0904. The average molecular weight is 303 g/mol. The molecule has 2 N–H and O–H groups in total. The van der Waals surface area contributed by atoms with Gasteiger partial charge in [0, 0.05) is 32.6 Å². The molecule has 22 heavy (non-hydrogen) atoms. The Morgan fingerprint density at radius 2 is 1.95 bits per heavy atom. The minimum atomic E-state index is -0.335. The van der Waals surface area contributed by atoms with Crippen molar-refractivity contribution in [3.05, 3.63) is 53.7 Å².